The lowest BCUT2D eigenvalue weighted by atomic mass is 9.88. The first-order chi connectivity index (χ1) is 18.4. The van der Waals surface area contributed by atoms with Gasteiger partial charge in [-0.25, -0.2) is 9.78 Å². The third-order valence-corrected chi connectivity index (χ3v) is 6.86. The molecule has 3 aromatic rings. The number of aromatic amines is 1. The van der Waals surface area contributed by atoms with Crippen molar-refractivity contribution in [3.05, 3.63) is 63.0 Å². The lowest BCUT2D eigenvalue weighted by Crippen LogP contribution is -2.51. The smallest absolute Gasteiger partial charge is 0.424 e. The quantitative estimate of drug-likeness (QED) is 0.296. The van der Waals surface area contributed by atoms with E-state index in [4.69, 9.17) is 16.3 Å². The van der Waals surface area contributed by atoms with Gasteiger partial charge in [0, 0.05) is 24.7 Å². The Balaban J connectivity index is 1.93. The largest absolute Gasteiger partial charge is 0.493 e. The van der Waals surface area contributed by atoms with Crippen molar-refractivity contribution in [1.29, 1.82) is 0 Å². The van der Waals surface area contributed by atoms with Crippen molar-refractivity contribution in [2.75, 3.05) is 13.7 Å². The maximum atomic E-state index is 13.5. The van der Waals surface area contributed by atoms with E-state index in [0.29, 0.717) is 36.0 Å². The molecule has 3 rings (SSSR count). The normalized spacial score (nSPS) is 14.5. The molecule has 0 amide bonds. The summed E-state index contributed by atoms with van der Waals surface area (Å²) in [6.45, 7) is 11.0. The number of methoxy groups -OCH3 is 1. The molecular weight excluding hydrogens is 547 g/mol. The number of halogens is 4. The highest BCUT2D eigenvalue weighted by molar-refractivity contribution is 6.33. The number of alkyl halides is 3. The minimum atomic E-state index is -4.87. The molecule has 1 unspecified atom stereocenters. The molecule has 1 heterocycles. The highest BCUT2D eigenvalue weighted by Crippen LogP contribution is 2.37. The summed E-state index contributed by atoms with van der Waals surface area (Å²) in [5.41, 5.74) is -1.29. The number of carbonyl (C=O) groups excluding carboxylic acids is 1. The van der Waals surface area contributed by atoms with Gasteiger partial charge < -0.3 is 9.47 Å². The first kappa shape index (κ1) is 31.3. The van der Waals surface area contributed by atoms with Crippen LogP contribution in [-0.2, 0) is 9.53 Å². The number of Topliss-reactive ketones (excluding diaryl/α,β-unsaturated/α-hetero) is 1. The highest BCUT2D eigenvalue weighted by atomic mass is 35.5. The first-order valence-electron chi connectivity index (χ1n) is 12.6. The van der Waals surface area contributed by atoms with Gasteiger partial charge in [-0.05, 0) is 66.6 Å². The number of rotatable bonds is 9. The first-order valence-corrected chi connectivity index (χ1v) is 13.0. The minimum absolute atomic E-state index is 0.0176. The van der Waals surface area contributed by atoms with E-state index in [9.17, 15) is 22.8 Å². The van der Waals surface area contributed by atoms with Gasteiger partial charge in [-0.2, -0.15) is 18.2 Å². The Morgan fingerprint density at radius 1 is 1.07 bits per heavy atom. The van der Waals surface area contributed by atoms with E-state index in [1.165, 1.54) is 6.07 Å². The zero-order valence-corrected chi connectivity index (χ0v) is 24.3. The maximum absolute atomic E-state index is 13.5. The number of ether oxygens (including phenoxy) is 2. The van der Waals surface area contributed by atoms with Gasteiger partial charge in [0.15, 0.2) is 11.6 Å². The van der Waals surface area contributed by atoms with Gasteiger partial charge in [-0.1, -0.05) is 45.4 Å². The van der Waals surface area contributed by atoms with Gasteiger partial charge in [0.25, 0.3) is 0 Å². The van der Waals surface area contributed by atoms with Crippen molar-refractivity contribution < 1.29 is 27.4 Å². The lowest BCUT2D eigenvalue weighted by molar-refractivity contribution is -0.252. The Morgan fingerprint density at radius 3 is 2.33 bits per heavy atom. The Morgan fingerprint density at radius 2 is 1.75 bits per heavy atom. The minimum Gasteiger partial charge on any atom is -0.493 e. The predicted octanol–water partition coefficient (Wildman–Crippen LogP) is 6.92. The van der Waals surface area contributed by atoms with Crippen LogP contribution in [0.4, 0.5) is 13.2 Å². The fraction of sp³-hybridized carbons (Fsp3) is 0.448. The molecule has 0 aliphatic carbocycles. The van der Waals surface area contributed by atoms with Crippen molar-refractivity contribution >= 4 is 17.4 Å². The van der Waals surface area contributed by atoms with E-state index in [1.54, 1.807) is 31.2 Å². The third kappa shape index (κ3) is 7.09. The average molecular weight is 580 g/mol. The molecule has 0 radical (unpaired) electrons. The molecule has 0 fully saturated rings. The van der Waals surface area contributed by atoms with Crippen LogP contribution in [0.3, 0.4) is 0 Å². The second kappa shape index (κ2) is 11.7. The van der Waals surface area contributed by atoms with Crippen LogP contribution in [0.1, 0.15) is 58.1 Å². The fourth-order valence-corrected chi connectivity index (χ4v) is 4.10. The summed E-state index contributed by atoms with van der Waals surface area (Å²) in [7, 11) is 0.855. The monoisotopic (exact) mass is 579 g/mol. The van der Waals surface area contributed by atoms with Gasteiger partial charge in [0.2, 0.25) is 5.60 Å². The van der Waals surface area contributed by atoms with E-state index < -0.39 is 35.6 Å². The number of nitrogens with zero attached hydrogens (tertiary/aromatic N) is 2. The van der Waals surface area contributed by atoms with E-state index in [1.807, 2.05) is 13.0 Å². The molecule has 1 N–H and O–H groups in total. The average Bonchev–Trinajstić information content (AvgIpc) is 2.85. The van der Waals surface area contributed by atoms with Gasteiger partial charge in [0.05, 0.1) is 11.6 Å². The molecule has 40 heavy (non-hydrogen) atoms. The van der Waals surface area contributed by atoms with Gasteiger partial charge in [-0.3, -0.25) is 9.78 Å². The predicted molar refractivity (Wildman–Crippen MR) is 148 cm³/mol. The van der Waals surface area contributed by atoms with Crippen LogP contribution >= 0.6 is 11.6 Å². The highest BCUT2D eigenvalue weighted by Gasteiger charge is 2.57. The lowest BCUT2D eigenvalue weighted by Gasteiger charge is -2.30. The zero-order valence-electron chi connectivity index (χ0n) is 23.5. The van der Waals surface area contributed by atoms with Crippen LogP contribution in [0, 0.1) is 12.3 Å². The number of hydrogen-bond donors (Lipinski definition) is 1. The second-order valence-electron chi connectivity index (χ2n) is 11.2. The summed E-state index contributed by atoms with van der Waals surface area (Å²) in [6, 6.07) is 10.1. The van der Waals surface area contributed by atoms with Crippen LogP contribution in [0.5, 0.6) is 5.75 Å². The number of aromatic nitrogens is 3. The molecule has 0 spiro atoms. The Kier molecular flexibility index (Phi) is 9.16. The summed E-state index contributed by atoms with van der Waals surface area (Å²) in [4.78, 5) is 36.2. The van der Waals surface area contributed by atoms with Crippen LogP contribution in [-0.4, -0.2) is 46.2 Å². The van der Waals surface area contributed by atoms with Gasteiger partial charge in [-0.15, -0.1) is 0 Å². The van der Waals surface area contributed by atoms with E-state index in [0.717, 1.165) is 12.7 Å². The number of carbonyl (C=O) groups is 1. The van der Waals surface area contributed by atoms with Crippen molar-refractivity contribution in [2.45, 2.75) is 65.7 Å². The summed E-state index contributed by atoms with van der Waals surface area (Å²) >= 11 is 6.43. The number of hydrogen-bond acceptors (Lipinski definition) is 6. The summed E-state index contributed by atoms with van der Waals surface area (Å²) < 4.78 is 50.9. The molecule has 7 nitrogen and oxygen atoms in total. The SMILES string of the molecule is CO[C@](C)(C(=O)CC(C)c1ccc(Cl)c(-c2nc(-c3ccc(OCC(C)(C)C)c(C)c3)nc(=O)[nH]2)c1)C(F)(F)F. The maximum Gasteiger partial charge on any atom is 0.424 e. The number of ketones is 1. The van der Waals surface area contributed by atoms with E-state index in [-0.39, 0.29) is 22.1 Å². The van der Waals surface area contributed by atoms with E-state index >= 15 is 0 Å². The molecular formula is C29H33ClF3N3O4. The third-order valence-electron chi connectivity index (χ3n) is 6.53. The number of H-pyrrole nitrogens is 1. The Hall–Kier alpha value is -3.24. The summed E-state index contributed by atoms with van der Waals surface area (Å²) in [6.07, 6.45) is -5.30. The van der Waals surface area contributed by atoms with Crippen molar-refractivity contribution in [1.82, 2.24) is 15.0 Å². The zero-order chi connectivity index (χ0) is 30.0. The molecule has 0 saturated heterocycles. The molecule has 0 bridgehead atoms. The number of nitrogens with one attached hydrogen (secondary N) is 1. The molecule has 2 aromatic carbocycles. The molecule has 11 heteroatoms. The molecule has 0 aliphatic heterocycles. The van der Waals surface area contributed by atoms with Crippen molar-refractivity contribution in [2.24, 2.45) is 5.41 Å². The molecule has 0 aliphatic rings. The van der Waals surface area contributed by atoms with E-state index in [2.05, 4.69) is 40.5 Å². The summed E-state index contributed by atoms with van der Waals surface area (Å²) in [5.74, 6) is -0.720. The Labute approximate surface area is 236 Å². The van der Waals surface area contributed by atoms with Crippen LogP contribution in [0.25, 0.3) is 22.8 Å². The fourth-order valence-electron chi connectivity index (χ4n) is 3.89. The molecule has 1 aromatic heterocycles. The van der Waals surface area contributed by atoms with Crippen LogP contribution in [0.2, 0.25) is 5.02 Å². The number of benzene rings is 2. The van der Waals surface area contributed by atoms with Gasteiger partial charge >= 0.3 is 11.9 Å². The molecule has 2 atom stereocenters. The second-order valence-corrected chi connectivity index (χ2v) is 11.6. The van der Waals surface area contributed by atoms with Gasteiger partial charge in [0.1, 0.15) is 11.6 Å². The van der Waals surface area contributed by atoms with Crippen molar-refractivity contribution in [3.63, 3.8) is 0 Å². The van der Waals surface area contributed by atoms with Crippen LogP contribution in [0.15, 0.2) is 41.2 Å². The molecule has 0 saturated carbocycles. The standard InChI is InChI=1S/C29H33ClF3N3O4/c1-16(13-23(37)28(6,39-7)29(31,32)33)18-8-10-21(30)20(14-18)25-34-24(35-26(38)36-25)19-9-11-22(17(2)12-19)40-15-27(3,4)5/h8-12,14,16H,13,15H2,1-7H3,(H,34,35,36,38)/t16?,28-/m1/s1. The summed E-state index contributed by atoms with van der Waals surface area (Å²) in [5, 5.41) is 0.252. The number of aryl methyl sites for hydroxylation is 1. The molecule has 216 valence electrons. The van der Waals surface area contributed by atoms with Crippen LogP contribution < -0.4 is 10.4 Å². The van der Waals surface area contributed by atoms with Crippen molar-refractivity contribution in [3.8, 4) is 28.5 Å². The Bertz CT molecular complexity index is 1450. The topological polar surface area (TPSA) is 94.2 Å².